The number of carbonyl (C=O) groups excluding carboxylic acids is 1. The molecule has 1 saturated heterocycles. The van der Waals surface area contributed by atoms with Crippen LogP contribution in [0.15, 0.2) is 58.2 Å². The SMILES string of the molecule is O=C(CSc1nnc(COc2ccccc2)o1)Nc1cccc(Cl)c1N1CCCC1. The molecule has 30 heavy (non-hydrogen) atoms. The molecule has 1 aromatic heterocycles. The first kappa shape index (κ1) is 20.6. The zero-order valence-electron chi connectivity index (χ0n) is 16.2. The van der Waals surface area contributed by atoms with Gasteiger partial charge in [-0.25, -0.2) is 0 Å². The van der Waals surface area contributed by atoms with Crippen molar-refractivity contribution in [2.45, 2.75) is 24.7 Å². The summed E-state index contributed by atoms with van der Waals surface area (Å²) >= 11 is 7.58. The van der Waals surface area contributed by atoms with Gasteiger partial charge in [0.1, 0.15) is 5.75 Å². The van der Waals surface area contributed by atoms with Crippen LogP contribution in [0.5, 0.6) is 5.75 Å². The Morgan fingerprint density at radius 1 is 1.13 bits per heavy atom. The monoisotopic (exact) mass is 444 g/mol. The molecule has 0 atom stereocenters. The van der Waals surface area contributed by atoms with Gasteiger partial charge < -0.3 is 19.4 Å². The Balaban J connectivity index is 1.30. The molecule has 1 fully saturated rings. The highest BCUT2D eigenvalue weighted by Gasteiger charge is 2.20. The molecule has 2 heterocycles. The van der Waals surface area contributed by atoms with Crippen molar-refractivity contribution in [2.24, 2.45) is 0 Å². The lowest BCUT2D eigenvalue weighted by atomic mass is 10.2. The number of hydrogen-bond acceptors (Lipinski definition) is 7. The number of carbonyl (C=O) groups is 1. The molecule has 0 saturated carbocycles. The molecule has 1 aliphatic heterocycles. The van der Waals surface area contributed by atoms with Crippen LogP contribution in [0, 0.1) is 0 Å². The molecule has 7 nitrogen and oxygen atoms in total. The lowest BCUT2D eigenvalue weighted by Crippen LogP contribution is -2.22. The Morgan fingerprint density at radius 3 is 2.73 bits per heavy atom. The van der Waals surface area contributed by atoms with Gasteiger partial charge in [-0.2, -0.15) is 0 Å². The quantitative estimate of drug-likeness (QED) is 0.507. The van der Waals surface area contributed by atoms with E-state index < -0.39 is 0 Å². The average Bonchev–Trinajstić information content (AvgIpc) is 3.44. The van der Waals surface area contributed by atoms with Crippen LogP contribution in [0.3, 0.4) is 0 Å². The molecule has 1 amide bonds. The predicted molar refractivity (Wildman–Crippen MR) is 117 cm³/mol. The van der Waals surface area contributed by atoms with Gasteiger partial charge in [0.15, 0.2) is 6.61 Å². The fourth-order valence-corrected chi connectivity index (χ4v) is 4.08. The molecule has 0 aliphatic carbocycles. The van der Waals surface area contributed by atoms with Crippen LogP contribution < -0.4 is 15.0 Å². The zero-order chi connectivity index (χ0) is 20.8. The van der Waals surface area contributed by atoms with Crippen molar-refractivity contribution in [3.05, 3.63) is 59.4 Å². The molecule has 3 aromatic rings. The molecule has 4 rings (SSSR count). The van der Waals surface area contributed by atoms with Crippen LogP contribution in [-0.4, -0.2) is 34.9 Å². The number of nitrogens with zero attached hydrogens (tertiary/aromatic N) is 3. The topological polar surface area (TPSA) is 80.5 Å². The van der Waals surface area contributed by atoms with Gasteiger partial charge in [0, 0.05) is 13.1 Å². The molecular weight excluding hydrogens is 424 g/mol. The Morgan fingerprint density at radius 2 is 1.93 bits per heavy atom. The van der Waals surface area contributed by atoms with Crippen LogP contribution in [0.4, 0.5) is 11.4 Å². The van der Waals surface area contributed by atoms with E-state index >= 15 is 0 Å². The number of aromatic nitrogens is 2. The van der Waals surface area contributed by atoms with E-state index in [1.54, 1.807) is 0 Å². The number of thioether (sulfide) groups is 1. The summed E-state index contributed by atoms with van der Waals surface area (Å²) in [5.74, 6) is 1.06. The Labute approximate surface area is 183 Å². The minimum Gasteiger partial charge on any atom is -0.484 e. The zero-order valence-corrected chi connectivity index (χ0v) is 17.8. The largest absolute Gasteiger partial charge is 0.484 e. The van der Waals surface area contributed by atoms with Crippen LogP contribution in [0.1, 0.15) is 18.7 Å². The second-order valence-corrected chi connectivity index (χ2v) is 8.06. The highest BCUT2D eigenvalue weighted by molar-refractivity contribution is 7.99. The number of rotatable bonds is 8. The van der Waals surface area contributed by atoms with Gasteiger partial charge in [-0.1, -0.05) is 47.6 Å². The fraction of sp³-hybridized carbons (Fsp3) is 0.286. The summed E-state index contributed by atoms with van der Waals surface area (Å²) in [6.07, 6.45) is 2.25. The van der Waals surface area contributed by atoms with Crippen LogP contribution >= 0.6 is 23.4 Å². The maximum absolute atomic E-state index is 12.5. The first-order valence-corrected chi connectivity index (χ1v) is 11.0. The average molecular weight is 445 g/mol. The minimum absolute atomic E-state index is 0.146. The number of benzene rings is 2. The van der Waals surface area contributed by atoms with Gasteiger partial charge >= 0.3 is 0 Å². The van der Waals surface area contributed by atoms with Crippen molar-refractivity contribution < 1.29 is 13.9 Å². The third-order valence-corrected chi connectivity index (χ3v) is 5.69. The van der Waals surface area contributed by atoms with Crippen molar-refractivity contribution >= 4 is 40.6 Å². The van der Waals surface area contributed by atoms with Gasteiger partial charge in [0.05, 0.1) is 22.2 Å². The molecule has 156 valence electrons. The molecule has 0 spiro atoms. The Kier molecular flexibility index (Phi) is 6.76. The van der Waals surface area contributed by atoms with E-state index in [4.69, 9.17) is 20.8 Å². The number of anilines is 2. The lowest BCUT2D eigenvalue weighted by molar-refractivity contribution is -0.113. The molecule has 2 aromatic carbocycles. The summed E-state index contributed by atoms with van der Waals surface area (Å²) in [7, 11) is 0. The molecule has 0 unspecified atom stereocenters. The Hall–Kier alpha value is -2.71. The van der Waals surface area contributed by atoms with Gasteiger partial charge in [0.2, 0.25) is 5.91 Å². The molecule has 1 aliphatic rings. The van der Waals surface area contributed by atoms with Crippen molar-refractivity contribution in [1.82, 2.24) is 10.2 Å². The van der Waals surface area contributed by atoms with Gasteiger partial charge in [-0.3, -0.25) is 4.79 Å². The Bertz CT molecular complexity index is 993. The highest BCUT2D eigenvalue weighted by Crippen LogP contribution is 2.36. The summed E-state index contributed by atoms with van der Waals surface area (Å²) in [6.45, 7) is 2.06. The van der Waals surface area contributed by atoms with E-state index in [0.29, 0.717) is 16.1 Å². The standard InChI is InChI=1S/C21H21ClN4O3S/c22-16-9-6-10-17(20(16)26-11-4-5-12-26)23-18(27)14-30-21-25-24-19(29-21)13-28-15-7-2-1-3-8-15/h1-3,6-10H,4-5,11-14H2,(H,23,27). The van der Waals surface area contributed by atoms with Crippen LogP contribution in [0.25, 0.3) is 0 Å². The molecule has 1 N–H and O–H groups in total. The first-order chi connectivity index (χ1) is 14.7. The highest BCUT2D eigenvalue weighted by atomic mass is 35.5. The minimum atomic E-state index is -0.164. The van der Waals surface area contributed by atoms with Crippen molar-refractivity contribution in [3.63, 3.8) is 0 Å². The second-order valence-electron chi connectivity index (χ2n) is 6.73. The lowest BCUT2D eigenvalue weighted by Gasteiger charge is -2.22. The summed E-state index contributed by atoms with van der Waals surface area (Å²) in [6, 6.07) is 14.9. The van der Waals surface area contributed by atoms with Crippen molar-refractivity contribution in [1.29, 1.82) is 0 Å². The number of ether oxygens (including phenoxy) is 1. The summed E-state index contributed by atoms with van der Waals surface area (Å²) in [4.78, 5) is 14.7. The molecule has 0 radical (unpaired) electrons. The number of para-hydroxylation sites is 2. The first-order valence-electron chi connectivity index (χ1n) is 9.65. The molecular formula is C21H21ClN4O3S. The normalized spacial score (nSPS) is 13.4. The van der Waals surface area contributed by atoms with E-state index in [9.17, 15) is 4.79 Å². The van der Waals surface area contributed by atoms with E-state index in [1.807, 2.05) is 48.5 Å². The third kappa shape index (κ3) is 5.25. The van der Waals surface area contributed by atoms with E-state index in [2.05, 4.69) is 20.4 Å². The van der Waals surface area contributed by atoms with Crippen molar-refractivity contribution in [2.75, 3.05) is 29.1 Å². The van der Waals surface area contributed by atoms with Gasteiger partial charge in [-0.15, -0.1) is 10.2 Å². The second kappa shape index (κ2) is 9.86. The van der Waals surface area contributed by atoms with Gasteiger partial charge in [0.25, 0.3) is 11.1 Å². The number of amides is 1. The van der Waals surface area contributed by atoms with Gasteiger partial charge in [-0.05, 0) is 37.1 Å². The fourth-order valence-electron chi connectivity index (χ4n) is 3.21. The maximum Gasteiger partial charge on any atom is 0.277 e. The van der Waals surface area contributed by atoms with Crippen LogP contribution in [0.2, 0.25) is 5.02 Å². The van der Waals surface area contributed by atoms with Crippen molar-refractivity contribution in [3.8, 4) is 5.75 Å². The van der Waals surface area contributed by atoms with Crippen LogP contribution in [-0.2, 0) is 11.4 Å². The summed E-state index contributed by atoms with van der Waals surface area (Å²) in [5.41, 5.74) is 1.60. The molecule has 0 bridgehead atoms. The number of halogens is 1. The molecule has 9 heteroatoms. The smallest absolute Gasteiger partial charge is 0.277 e. The third-order valence-electron chi connectivity index (χ3n) is 4.56. The van der Waals surface area contributed by atoms with E-state index in [0.717, 1.165) is 43.1 Å². The van der Waals surface area contributed by atoms with E-state index in [1.165, 1.54) is 11.8 Å². The predicted octanol–water partition coefficient (Wildman–Crippen LogP) is 4.63. The summed E-state index contributed by atoms with van der Waals surface area (Å²) in [5, 5.41) is 11.8. The van der Waals surface area contributed by atoms with E-state index in [-0.39, 0.29) is 18.3 Å². The number of nitrogens with one attached hydrogen (secondary N) is 1. The maximum atomic E-state index is 12.5. The summed E-state index contributed by atoms with van der Waals surface area (Å²) < 4.78 is 11.1. The number of hydrogen-bond donors (Lipinski definition) is 1.